The summed E-state index contributed by atoms with van der Waals surface area (Å²) in [6, 6.07) is 13.9. The summed E-state index contributed by atoms with van der Waals surface area (Å²) in [5.41, 5.74) is 4.21. The fourth-order valence-electron chi connectivity index (χ4n) is 2.12. The minimum atomic E-state index is 0.0708. The molecule has 21 heavy (non-hydrogen) atoms. The molecule has 2 aromatic rings. The van der Waals surface area contributed by atoms with E-state index in [9.17, 15) is 0 Å². The minimum absolute atomic E-state index is 0.0708. The van der Waals surface area contributed by atoms with Crippen LogP contribution in [0.4, 0.5) is 5.69 Å². The van der Waals surface area contributed by atoms with Crippen LogP contribution in [-0.2, 0) is 0 Å². The first-order valence-corrected chi connectivity index (χ1v) is 6.90. The Bertz CT molecular complexity index is 644. The Balaban J connectivity index is 2.06. The van der Waals surface area contributed by atoms with E-state index in [1.54, 1.807) is 0 Å². The Morgan fingerprint density at radius 1 is 1.19 bits per heavy atom. The Kier molecular flexibility index (Phi) is 4.78. The second kappa shape index (κ2) is 6.76. The molecule has 4 heteroatoms. The molecule has 1 heterocycles. The molecule has 0 aliphatic rings. The molecule has 1 aromatic heterocycles. The van der Waals surface area contributed by atoms with Crippen molar-refractivity contribution < 1.29 is 4.74 Å². The maximum Gasteiger partial charge on any atom is 0.174 e. The molecule has 0 bridgehead atoms. The smallest absolute Gasteiger partial charge is 0.174 e. The number of nitrogens with one attached hydrogen (secondary N) is 1. The highest BCUT2D eigenvalue weighted by molar-refractivity contribution is 5.49. The maximum atomic E-state index is 8.49. The van der Waals surface area contributed by atoms with Crippen molar-refractivity contribution in [3.63, 3.8) is 0 Å². The van der Waals surface area contributed by atoms with Crippen molar-refractivity contribution >= 4 is 5.69 Å². The van der Waals surface area contributed by atoms with Crippen LogP contribution in [-0.4, -0.2) is 11.6 Å². The monoisotopic (exact) mass is 281 g/mol. The second-order valence-corrected chi connectivity index (χ2v) is 4.97. The van der Waals surface area contributed by atoms with Gasteiger partial charge in [-0.2, -0.15) is 5.26 Å². The van der Waals surface area contributed by atoms with Crippen LogP contribution in [0.15, 0.2) is 36.4 Å². The topological polar surface area (TPSA) is 57.9 Å². The van der Waals surface area contributed by atoms with Gasteiger partial charge in [-0.1, -0.05) is 12.1 Å². The van der Waals surface area contributed by atoms with E-state index in [4.69, 9.17) is 10.00 Å². The summed E-state index contributed by atoms with van der Waals surface area (Å²) < 4.78 is 5.25. The van der Waals surface area contributed by atoms with Crippen molar-refractivity contribution in [3.8, 4) is 11.8 Å². The fourth-order valence-corrected chi connectivity index (χ4v) is 2.12. The lowest BCUT2D eigenvalue weighted by atomic mass is 10.1. The lowest BCUT2D eigenvalue weighted by molar-refractivity contribution is 0.368. The van der Waals surface area contributed by atoms with Gasteiger partial charge < -0.3 is 10.1 Å². The Hall–Kier alpha value is -2.54. The van der Waals surface area contributed by atoms with E-state index in [1.165, 1.54) is 0 Å². The zero-order chi connectivity index (χ0) is 15.2. The van der Waals surface area contributed by atoms with Crippen LogP contribution >= 0.6 is 0 Å². The molecule has 4 nitrogen and oxygen atoms in total. The number of hydrogen-bond acceptors (Lipinski definition) is 4. The zero-order valence-corrected chi connectivity index (χ0v) is 12.6. The van der Waals surface area contributed by atoms with Crippen molar-refractivity contribution in [2.24, 2.45) is 0 Å². The molecule has 0 aliphatic carbocycles. The summed E-state index contributed by atoms with van der Waals surface area (Å²) in [7, 11) is 0. The van der Waals surface area contributed by atoms with Crippen LogP contribution in [0, 0.1) is 25.2 Å². The van der Waals surface area contributed by atoms with Gasteiger partial charge in [0.05, 0.1) is 11.4 Å². The molecule has 0 amide bonds. The largest absolute Gasteiger partial charge is 0.479 e. The highest BCUT2D eigenvalue weighted by Crippen LogP contribution is 2.23. The standard InChI is InChI=1S/C17H19N3O/c1-12-4-9-17(14(3)19-12)20-13(2)15-5-7-16(8-6-15)21-11-10-18/h4-9,13,20H,11H2,1-3H3. The van der Waals surface area contributed by atoms with E-state index in [1.807, 2.05) is 50.2 Å². The number of aryl methyl sites for hydroxylation is 2. The van der Waals surface area contributed by atoms with E-state index >= 15 is 0 Å². The molecule has 1 aromatic carbocycles. The van der Waals surface area contributed by atoms with Crippen molar-refractivity contribution in [3.05, 3.63) is 53.3 Å². The number of rotatable bonds is 5. The van der Waals surface area contributed by atoms with Crippen LogP contribution in [0.2, 0.25) is 0 Å². The molecule has 1 unspecified atom stereocenters. The van der Waals surface area contributed by atoms with Gasteiger partial charge in [0.15, 0.2) is 6.61 Å². The predicted molar refractivity (Wildman–Crippen MR) is 83.3 cm³/mol. The average Bonchev–Trinajstić information content (AvgIpc) is 2.48. The van der Waals surface area contributed by atoms with E-state index in [-0.39, 0.29) is 12.6 Å². The third kappa shape index (κ3) is 3.96. The maximum absolute atomic E-state index is 8.49. The van der Waals surface area contributed by atoms with Crippen molar-refractivity contribution in [2.75, 3.05) is 11.9 Å². The number of hydrogen-bond donors (Lipinski definition) is 1. The van der Waals surface area contributed by atoms with Gasteiger partial charge in [0.25, 0.3) is 0 Å². The van der Waals surface area contributed by atoms with Gasteiger partial charge in [0.2, 0.25) is 0 Å². The number of anilines is 1. The minimum Gasteiger partial charge on any atom is -0.479 e. The summed E-state index contributed by atoms with van der Waals surface area (Å²) in [4.78, 5) is 4.46. The van der Waals surface area contributed by atoms with E-state index in [2.05, 4.69) is 23.3 Å². The molecule has 2 rings (SSSR count). The van der Waals surface area contributed by atoms with Crippen molar-refractivity contribution in [2.45, 2.75) is 26.8 Å². The number of benzene rings is 1. The SMILES string of the molecule is Cc1ccc(NC(C)c2ccc(OCC#N)cc2)c(C)n1. The molecular weight excluding hydrogens is 262 g/mol. The van der Waals surface area contributed by atoms with Crippen LogP contribution in [0.3, 0.4) is 0 Å². The van der Waals surface area contributed by atoms with E-state index < -0.39 is 0 Å². The van der Waals surface area contributed by atoms with Gasteiger partial charge >= 0.3 is 0 Å². The van der Waals surface area contributed by atoms with Crippen LogP contribution in [0.5, 0.6) is 5.75 Å². The van der Waals surface area contributed by atoms with Crippen LogP contribution < -0.4 is 10.1 Å². The number of aromatic nitrogens is 1. The Labute approximate surface area is 125 Å². The molecule has 0 spiro atoms. The summed E-state index contributed by atoms with van der Waals surface area (Å²) in [6.07, 6.45) is 0. The van der Waals surface area contributed by atoms with Crippen LogP contribution in [0.25, 0.3) is 0 Å². The van der Waals surface area contributed by atoms with Crippen molar-refractivity contribution in [1.82, 2.24) is 4.98 Å². The highest BCUT2D eigenvalue weighted by atomic mass is 16.5. The van der Waals surface area contributed by atoms with Gasteiger partial charge in [-0.05, 0) is 50.6 Å². The molecule has 1 atom stereocenters. The molecule has 0 fully saturated rings. The molecule has 0 aliphatic heterocycles. The number of pyridine rings is 1. The van der Waals surface area contributed by atoms with Gasteiger partial charge in [0, 0.05) is 11.7 Å². The second-order valence-electron chi connectivity index (χ2n) is 4.97. The molecule has 108 valence electrons. The van der Waals surface area contributed by atoms with E-state index in [0.29, 0.717) is 5.75 Å². The quantitative estimate of drug-likeness (QED) is 0.906. The lowest BCUT2D eigenvalue weighted by Gasteiger charge is -2.17. The summed E-state index contributed by atoms with van der Waals surface area (Å²) in [5.74, 6) is 0.709. The highest BCUT2D eigenvalue weighted by Gasteiger charge is 2.08. The average molecular weight is 281 g/mol. The predicted octanol–water partition coefficient (Wildman–Crippen LogP) is 3.77. The Morgan fingerprint density at radius 2 is 1.90 bits per heavy atom. The first-order valence-electron chi connectivity index (χ1n) is 6.90. The summed E-state index contributed by atoms with van der Waals surface area (Å²) in [5, 5.41) is 11.9. The summed E-state index contributed by atoms with van der Waals surface area (Å²) >= 11 is 0. The fraction of sp³-hybridized carbons (Fsp3) is 0.294. The first-order chi connectivity index (χ1) is 10.1. The first kappa shape index (κ1) is 14.9. The zero-order valence-electron chi connectivity index (χ0n) is 12.6. The van der Waals surface area contributed by atoms with Gasteiger partial charge in [-0.3, -0.25) is 4.98 Å². The normalized spacial score (nSPS) is 11.5. The van der Waals surface area contributed by atoms with Gasteiger partial charge in [0.1, 0.15) is 11.8 Å². The van der Waals surface area contributed by atoms with Gasteiger partial charge in [-0.15, -0.1) is 0 Å². The number of nitriles is 1. The Morgan fingerprint density at radius 3 is 2.52 bits per heavy atom. The molecule has 0 radical (unpaired) electrons. The molecule has 0 saturated carbocycles. The third-order valence-corrected chi connectivity index (χ3v) is 3.28. The van der Waals surface area contributed by atoms with Crippen LogP contribution in [0.1, 0.15) is 29.9 Å². The molecular formula is C17H19N3O. The molecule has 1 N–H and O–H groups in total. The van der Waals surface area contributed by atoms with Crippen molar-refractivity contribution in [1.29, 1.82) is 5.26 Å². The third-order valence-electron chi connectivity index (χ3n) is 3.28. The number of nitrogens with zero attached hydrogens (tertiary/aromatic N) is 2. The number of ether oxygens (including phenoxy) is 1. The lowest BCUT2D eigenvalue weighted by Crippen LogP contribution is -2.08. The summed E-state index contributed by atoms with van der Waals surface area (Å²) in [6.45, 7) is 6.16. The van der Waals surface area contributed by atoms with E-state index in [0.717, 1.165) is 22.6 Å². The molecule has 0 saturated heterocycles. The van der Waals surface area contributed by atoms with Gasteiger partial charge in [-0.25, -0.2) is 0 Å².